The van der Waals surface area contributed by atoms with Crippen molar-refractivity contribution >= 4 is 23.0 Å². The first-order chi connectivity index (χ1) is 7.97. The molecule has 1 aromatic carbocycles. The molecule has 2 rings (SSSR count). The third-order valence-electron chi connectivity index (χ3n) is 3.55. The van der Waals surface area contributed by atoms with Gasteiger partial charge in [0, 0.05) is 18.8 Å². The molecular formula is C14H21ClN2. The number of piperidine rings is 1. The summed E-state index contributed by atoms with van der Waals surface area (Å²) >= 11 is 6.31. The van der Waals surface area contributed by atoms with Crippen LogP contribution in [-0.2, 0) is 0 Å². The van der Waals surface area contributed by atoms with Gasteiger partial charge < -0.3 is 10.6 Å². The fourth-order valence-electron chi connectivity index (χ4n) is 2.78. The van der Waals surface area contributed by atoms with Crippen molar-refractivity contribution in [2.45, 2.75) is 27.2 Å². The Morgan fingerprint density at radius 3 is 2.41 bits per heavy atom. The van der Waals surface area contributed by atoms with Gasteiger partial charge in [0.2, 0.25) is 0 Å². The van der Waals surface area contributed by atoms with Crippen LogP contribution in [0.4, 0.5) is 11.4 Å². The fourth-order valence-corrected chi connectivity index (χ4v) is 3.08. The van der Waals surface area contributed by atoms with E-state index in [2.05, 4.69) is 24.8 Å². The van der Waals surface area contributed by atoms with E-state index in [1.807, 2.05) is 13.0 Å². The van der Waals surface area contributed by atoms with E-state index >= 15 is 0 Å². The largest absolute Gasteiger partial charge is 0.398 e. The lowest BCUT2D eigenvalue weighted by molar-refractivity contribution is 0.357. The Balaban J connectivity index is 2.30. The van der Waals surface area contributed by atoms with E-state index in [0.29, 0.717) is 0 Å². The van der Waals surface area contributed by atoms with Gasteiger partial charge in [0.1, 0.15) is 0 Å². The van der Waals surface area contributed by atoms with E-state index in [1.165, 1.54) is 6.42 Å². The minimum atomic E-state index is 0.729. The van der Waals surface area contributed by atoms with Gasteiger partial charge in [-0.25, -0.2) is 0 Å². The van der Waals surface area contributed by atoms with Gasteiger partial charge in [-0.2, -0.15) is 0 Å². The summed E-state index contributed by atoms with van der Waals surface area (Å²) in [5.41, 5.74) is 8.89. The average Bonchev–Trinajstić information content (AvgIpc) is 2.22. The van der Waals surface area contributed by atoms with Crippen molar-refractivity contribution in [3.63, 3.8) is 0 Å². The second kappa shape index (κ2) is 4.77. The van der Waals surface area contributed by atoms with E-state index in [0.717, 1.165) is 46.9 Å². The maximum Gasteiger partial charge on any atom is 0.0660 e. The molecule has 1 saturated heterocycles. The zero-order valence-corrected chi connectivity index (χ0v) is 11.6. The Bertz CT molecular complexity index is 407. The van der Waals surface area contributed by atoms with Gasteiger partial charge in [0.25, 0.3) is 0 Å². The predicted octanol–water partition coefficient (Wildman–Crippen LogP) is 3.71. The number of nitrogen functional groups attached to an aromatic ring is 1. The molecule has 0 amide bonds. The van der Waals surface area contributed by atoms with Crippen LogP contribution in [0, 0.1) is 18.8 Å². The van der Waals surface area contributed by atoms with Gasteiger partial charge in [-0.05, 0) is 42.9 Å². The molecule has 1 aliphatic rings. The first-order valence-electron chi connectivity index (χ1n) is 6.28. The third kappa shape index (κ3) is 2.68. The van der Waals surface area contributed by atoms with Crippen LogP contribution in [0.2, 0.25) is 5.02 Å². The van der Waals surface area contributed by atoms with Crippen molar-refractivity contribution in [2.24, 2.45) is 11.8 Å². The number of anilines is 2. The van der Waals surface area contributed by atoms with Crippen LogP contribution in [0.15, 0.2) is 12.1 Å². The summed E-state index contributed by atoms with van der Waals surface area (Å²) in [7, 11) is 0. The summed E-state index contributed by atoms with van der Waals surface area (Å²) in [6.45, 7) is 8.83. The molecular weight excluding hydrogens is 232 g/mol. The quantitative estimate of drug-likeness (QED) is 0.772. The van der Waals surface area contributed by atoms with Gasteiger partial charge in [-0.3, -0.25) is 0 Å². The number of rotatable bonds is 1. The number of nitrogens with two attached hydrogens (primary N) is 1. The van der Waals surface area contributed by atoms with Crippen molar-refractivity contribution in [3.8, 4) is 0 Å². The molecule has 2 unspecified atom stereocenters. The third-order valence-corrected chi connectivity index (χ3v) is 3.85. The molecule has 1 aromatic rings. The van der Waals surface area contributed by atoms with E-state index < -0.39 is 0 Å². The van der Waals surface area contributed by atoms with Gasteiger partial charge in [-0.15, -0.1) is 0 Å². The molecule has 0 aromatic heterocycles. The summed E-state index contributed by atoms with van der Waals surface area (Å²) in [5.74, 6) is 1.46. The Morgan fingerprint density at radius 2 is 1.82 bits per heavy atom. The topological polar surface area (TPSA) is 29.3 Å². The molecule has 0 bridgehead atoms. The first-order valence-corrected chi connectivity index (χ1v) is 6.65. The van der Waals surface area contributed by atoms with Gasteiger partial charge in [-0.1, -0.05) is 25.4 Å². The number of hydrogen-bond acceptors (Lipinski definition) is 2. The second-order valence-corrected chi connectivity index (χ2v) is 5.92. The van der Waals surface area contributed by atoms with Crippen molar-refractivity contribution in [1.29, 1.82) is 0 Å². The summed E-state index contributed by atoms with van der Waals surface area (Å²) < 4.78 is 0. The van der Waals surface area contributed by atoms with Crippen LogP contribution in [0.1, 0.15) is 25.8 Å². The van der Waals surface area contributed by atoms with Crippen LogP contribution in [0.25, 0.3) is 0 Å². The average molecular weight is 253 g/mol. The normalized spacial score (nSPS) is 25.1. The highest BCUT2D eigenvalue weighted by molar-refractivity contribution is 6.33. The monoisotopic (exact) mass is 252 g/mol. The summed E-state index contributed by atoms with van der Waals surface area (Å²) in [5, 5.41) is 0.773. The van der Waals surface area contributed by atoms with Gasteiger partial charge in [0.05, 0.1) is 10.7 Å². The molecule has 2 atom stereocenters. The number of benzene rings is 1. The maximum atomic E-state index is 6.31. The maximum absolute atomic E-state index is 6.31. The molecule has 0 aliphatic carbocycles. The van der Waals surface area contributed by atoms with Crippen LogP contribution in [0.3, 0.4) is 0 Å². The summed E-state index contributed by atoms with van der Waals surface area (Å²) in [4.78, 5) is 2.40. The molecule has 2 N–H and O–H groups in total. The smallest absolute Gasteiger partial charge is 0.0660 e. The molecule has 2 nitrogen and oxygen atoms in total. The molecule has 1 fully saturated rings. The Labute approximate surface area is 109 Å². The highest BCUT2D eigenvalue weighted by atomic mass is 35.5. The van der Waals surface area contributed by atoms with Crippen LogP contribution in [-0.4, -0.2) is 13.1 Å². The lowest BCUT2D eigenvalue weighted by Crippen LogP contribution is -2.38. The Kier molecular flexibility index (Phi) is 3.53. The zero-order valence-electron chi connectivity index (χ0n) is 10.8. The molecule has 1 aliphatic heterocycles. The van der Waals surface area contributed by atoms with Crippen molar-refractivity contribution in [2.75, 3.05) is 23.7 Å². The van der Waals surface area contributed by atoms with E-state index in [1.54, 1.807) is 0 Å². The highest BCUT2D eigenvalue weighted by Gasteiger charge is 2.23. The standard InChI is InChI=1S/C14H21ClN2/c1-9-4-10(2)8-17(7-9)14-5-11(3)13(16)6-12(14)15/h5-6,9-10H,4,7-8,16H2,1-3H3. The summed E-state index contributed by atoms with van der Waals surface area (Å²) in [6.07, 6.45) is 1.31. The van der Waals surface area contributed by atoms with E-state index in [4.69, 9.17) is 17.3 Å². The second-order valence-electron chi connectivity index (χ2n) is 5.51. The number of halogens is 1. The lowest BCUT2D eigenvalue weighted by atomic mass is 9.91. The zero-order chi connectivity index (χ0) is 12.6. The number of nitrogens with zero attached hydrogens (tertiary/aromatic N) is 1. The Hall–Kier alpha value is -0.890. The van der Waals surface area contributed by atoms with E-state index in [-0.39, 0.29) is 0 Å². The molecule has 0 spiro atoms. The van der Waals surface area contributed by atoms with Crippen molar-refractivity contribution in [3.05, 3.63) is 22.7 Å². The molecule has 0 radical (unpaired) electrons. The predicted molar refractivity (Wildman–Crippen MR) is 75.8 cm³/mol. The molecule has 1 heterocycles. The van der Waals surface area contributed by atoms with Crippen LogP contribution >= 0.6 is 11.6 Å². The Morgan fingerprint density at radius 1 is 1.24 bits per heavy atom. The molecule has 94 valence electrons. The lowest BCUT2D eigenvalue weighted by Gasteiger charge is -2.37. The van der Waals surface area contributed by atoms with Crippen molar-refractivity contribution < 1.29 is 0 Å². The summed E-state index contributed by atoms with van der Waals surface area (Å²) in [6, 6.07) is 3.98. The first kappa shape index (κ1) is 12.6. The van der Waals surface area contributed by atoms with E-state index in [9.17, 15) is 0 Å². The van der Waals surface area contributed by atoms with Crippen molar-refractivity contribution in [1.82, 2.24) is 0 Å². The number of aryl methyl sites for hydroxylation is 1. The number of hydrogen-bond donors (Lipinski definition) is 1. The molecule has 0 saturated carbocycles. The van der Waals surface area contributed by atoms with Crippen LogP contribution in [0.5, 0.6) is 0 Å². The minimum Gasteiger partial charge on any atom is -0.398 e. The van der Waals surface area contributed by atoms with Gasteiger partial charge in [0.15, 0.2) is 0 Å². The SMILES string of the molecule is Cc1cc(N2CC(C)CC(C)C2)c(Cl)cc1N. The van der Waals surface area contributed by atoms with Gasteiger partial charge >= 0.3 is 0 Å². The fraction of sp³-hybridized carbons (Fsp3) is 0.571. The molecule has 17 heavy (non-hydrogen) atoms. The highest BCUT2D eigenvalue weighted by Crippen LogP contribution is 2.34. The minimum absolute atomic E-state index is 0.729. The molecule has 3 heteroatoms. The van der Waals surface area contributed by atoms with Crippen LogP contribution < -0.4 is 10.6 Å².